The van der Waals surface area contributed by atoms with Gasteiger partial charge in [-0.15, -0.1) is 0 Å². The van der Waals surface area contributed by atoms with E-state index in [1.165, 1.54) is 24.5 Å². The number of aromatic nitrogens is 4. The van der Waals surface area contributed by atoms with Crippen LogP contribution in [-0.2, 0) is 0 Å². The van der Waals surface area contributed by atoms with Gasteiger partial charge in [0.05, 0.1) is 12.0 Å². The highest BCUT2D eigenvalue weighted by Gasteiger charge is 2.11. The molecule has 2 aromatic heterocycles. The third-order valence-electron chi connectivity index (χ3n) is 2.55. The third-order valence-corrected chi connectivity index (χ3v) is 2.55. The Kier molecular flexibility index (Phi) is 2.12. The largest absolute Gasteiger partial charge is 0.339 e. The normalized spacial score (nSPS) is 10.9. The molecule has 1 aromatic carbocycles. The fraction of sp³-hybridized carbons (Fsp3) is 0. The summed E-state index contributed by atoms with van der Waals surface area (Å²) in [5.74, 6) is -0.525. The lowest BCUT2D eigenvalue weighted by Gasteiger charge is -2.03. The van der Waals surface area contributed by atoms with Crippen molar-refractivity contribution in [3.8, 4) is 5.69 Å². The Morgan fingerprint density at radius 1 is 1.28 bits per heavy atom. The predicted molar refractivity (Wildman–Crippen MR) is 62.3 cm³/mol. The molecule has 2 heterocycles. The monoisotopic (exact) mass is 246 g/mol. The molecule has 0 aliphatic rings. The van der Waals surface area contributed by atoms with Gasteiger partial charge >= 0.3 is 5.69 Å². The molecule has 18 heavy (non-hydrogen) atoms. The van der Waals surface area contributed by atoms with E-state index in [2.05, 4.69) is 15.0 Å². The summed E-state index contributed by atoms with van der Waals surface area (Å²) in [4.78, 5) is 32.7. The van der Waals surface area contributed by atoms with Crippen LogP contribution >= 0.6 is 0 Å². The van der Waals surface area contributed by atoms with Crippen LogP contribution in [0.5, 0.6) is 0 Å². The molecule has 3 rings (SSSR count). The second-order valence-electron chi connectivity index (χ2n) is 3.68. The zero-order chi connectivity index (χ0) is 12.7. The standard InChI is InChI=1S/C11H7FN4O2/c12-6-2-1-3-7(4-6)16-10(17)8-9(14-5-13-8)15-11(16)18/h1-5H,(H,13,14)(H,15,18). The summed E-state index contributed by atoms with van der Waals surface area (Å²) in [6.07, 6.45) is 1.30. The summed E-state index contributed by atoms with van der Waals surface area (Å²) in [5.41, 5.74) is -0.726. The first-order chi connectivity index (χ1) is 8.66. The first kappa shape index (κ1) is 10.5. The van der Waals surface area contributed by atoms with Crippen LogP contribution < -0.4 is 11.2 Å². The highest BCUT2D eigenvalue weighted by Crippen LogP contribution is 2.06. The van der Waals surface area contributed by atoms with Gasteiger partial charge in [-0.1, -0.05) is 6.07 Å². The minimum Gasteiger partial charge on any atom is -0.339 e. The van der Waals surface area contributed by atoms with Gasteiger partial charge in [-0.2, -0.15) is 0 Å². The van der Waals surface area contributed by atoms with E-state index in [0.29, 0.717) is 0 Å². The van der Waals surface area contributed by atoms with Crippen molar-refractivity contribution >= 4 is 11.2 Å². The molecule has 2 N–H and O–H groups in total. The van der Waals surface area contributed by atoms with Gasteiger partial charge in [0.25, 0.3) is 5.56 Å². The molecule has 6 nitrogen and oxygen atoms in total. The van der Waals surface area contributed by atoms with E-state index in [4.69, 9.17) is 0 Å². The molecule has 0 radical (unpaired) electrons. The SMILES string of the molecule is O=c1[nH]c2nc[nH]c2c(=O)n1-c1cccc(F)c1. The Bertz CT molecular complexity index is 846. The number of rotatable bonds is 1. The van der Waals surface area contributed by atoms with E-state index in [1.54, 1.807) is 0 Å². The summed E-state index contributed by atoms with van der Waals surface area (Å²) in [5, 5.41) is 0. The average Bonchev–Trinajstić information content (AvgIpc) is 2.77. The van der Waals surface area contributed by atoms with Gasteiger partial charge < -0.3 is 4.98 Å². The smallest absolute Gasteiger partial charge is 0.334 e. The zero-order valence-corrected chi connectivity index (χ0v) is 8.98. The first-order valence-corrected chi connectivity index (χ1v) is 5.11. The summed E-state index contributed by atoms with van der Waals surface area (Å²) in [6.45, 7) is 0. The van der Waals surface area contributed by atoms with Gasteiger partial charge in [0.15, 0.2) is 5.65 Å². The number of fused-ring (bicyclic) bond motifs is 1. The minimum absolute atomic E-state index is 0.165. The Morgan fingerprint density at radius 3 is 2.89 bits per heavy atom. The second-order valence-corrected chi connectivity index (χ2v) is 3.68. The number of H-pyrrole nitrogens is 2. The molecular weight excluding hydrogens is 239 g/mol. The number of hydrogen-bond acceptors (Lipinski definition) is 3. The predicted octanol–water partition coefficient (Wildman–Crippen LogP) is 0.541. The number of aromatic amines is 2. The number of imidazole rings is 1. The molecule has 0 atom stereocenters. The van der Waals surface area contributed by atoms with Crippen LogP contribution in [0.3, 0.4) is 0 Å². The van der Waals surface area contributed by atoms with Crippen molar-refractivity contribution in [3.05, 3.63) is 57.2 Å². The van der Waals surface area contributed by atoms with Crippen LogP contribution in [0.4, 0.5) is 4.39 Å². The van der Waals surface area contributed by atoms with E-state index in [-0.39, 0.29) is 16.9 Å². The second kappa shape index (κ2) is 3.66. The number of nitrogens with one attached hydrogen (secondary N) is 2. The molecule has 0 amide bonds. The highest BCUT2D eigenvalue weighted by molar-refractivity contribution is 5.68. The maximum atomic E-state index is 13.1. The summed E-state index contributed by atoms with van der Waals surface area (Å²) >= 11 is 0. The molecule has 0 aliphatic carbocycles. The number of halogens is 1. The number of hydrogen-bond donors (Lipinski definition) is 2. The topological polar surface area (TPSA) is 83.5 Å². The lowest BCUT2D eigenvalue weighted by Crippen LogP contribution is -2.33. The van der Waals surface area contributed by atoms with Crippen LogP contribution in [0.2, 0.25) is 0 Å². The van der Waals surface area contributed by atoms with E-state index in [0.717, 1.165) is 10.6 Å². The van der Waals surface area contributed by atoms with E-state index in [1.807, 2.05) is 0 Å². The van der Waals surface area contributed by atoms with Crippen molar-refractivity contribution in [2.75, 3.05) is 0 Å². The van der Waals surface area contributed by atoms with Crippen LogP contribution in [0, 0.1) is 5.82 Å². The third kappa shape index (κ3) is 1.45. The summed E-state index contributed by atoms with van der Waals surface area (Å²) in [6, 6.07) is 5.24. The zero-order valence-electron chi connectivity index (χ0n) is 8.98. The molecule has 0 saturated heterocycles. The van der Waals surface area contributed by atoms with Gasteiger partial charge in [0.2, 0.25) is 0 Å². The van der Waals surface area contributed by atoms with Crippen molar-refractivity contribution < 1.29 is 4.39 Å². The van der Waals surface area contributed by atoms with Gasteiger partial charge in [-0.25, -0.2) is 18.7 Å². The molecule has 0 fully saturated rings. The van der Waals surface area contributed by atoms with Crippen molar-refractivity contribution in [2.45, 2.75) is 0 Å². The van der Waals surface area contributed by atoms with Crippen LogP contribution in [0.15, 0.2) is 40.2 Å². The quantitative estimate of drug-likeness (QED) is 0.657. The summed E-state index contributed by atoms with van der Waals surface area (Å²) < 4.78 is 14.0. The highest BCUT2D eigenvalue weighted by atomic mass is 19.1. The molecule has 0 unspecified atom stereocenters. The van der Waals surface area contributed by atoms with Crippen LogP contribution in [0.25, 0.3) is 16.9 Å². The molecular formula is C11H7FN4O2. The maximum absolute atomic E-state index is 13.1. The van der Waals surface area contributed by atoms with Gasteiger partial charge in [-0.05, 0) is 18.2 Å². The lowest BCUT2D eigenvalue weighted by atomic mass is 10.3. The van der Waals surface area contributed by atoms with E-state index >= 15 is 0 Å². The lowest BCUT2D eigenvalue weighted by molar-refractivity contribution is 0.626. The first-order valence-electron chi connectivity index (χ1n) is 5.11. The Hall–Kier alpha value is -2.70. The van der Waals surface area contributed by atoms with Crippen molar-refractivity contribution in [3.63, 3.8) is 0 Å². The van der Waals surface area contributed by atoms with Crippen molar-refractivity contribution in [1.29, 1.82) is 0 Å². The van der Waals surface area contributed by atoms with Crippen LogP contribution in [0.1, 0.15) is 0 Å². The van der Waals surface area contributed by atoms with Crippen molar-refractivity contribution in [2.24, 2.45) is 0 Å². The Balaban J connectivity index is 2.42. The Labute approximate surface area is 98.7 Å². The van der Waals surface area contributed by atoms with E-state index in [9.17, 15) is 14.0 Å². The number of benzene rings is 1. The van der Waals surface area contributed by atoms with E-state index < -0.39 is 17.1 Å². The molecule has 0 bridgehead atoms. The van der Waals surface area contributed by atoms with Crippen LogP contribution in [-0.4, -0.2) is 19.5 Å². The molecule has 90 valence electrons. The fourth-order valence-electron chi connectivity index (χ4n) is 1.76. The molecule has 0 spiro atoms. The Morgan fingerprint density at radius 2 is 2.11 bits per heavy atom. The van der Waals surface area contributed by atoms with Gasteiger partial charge in [0.1, 0.15) is 11.3 Å². The number of nitrogens with zero attached hydrogens (tertiary/aromatic N) is 2. The molecule has 3 aromatic rings. The molecule has 0 saturated carbocycles. The fourth-order valence-corrected chi connectivity index (χ4v) is 1.76. The maximum Gasteiger partial charge on any atom is 0.334 e. The van der Waals surface area contributed by atoms with Gasteiger partial charge in [0, 0.05) is 0 Å². The molecule has 7 heteroatoms. The van der Waals surface area contributed by atoms with Crippen molar-refractivity contribution in [1.82, 2.24) is 19.5 Å². The minimum atomic E-state index is -0.662. The summed E-state index contributed by atoms with van der Waals surface area (Å²) in [7, 11) is 0. The average molecular weight is 246 g/mol. The molecule has 0 aliphatic heterocycles. The van der Waals surface area contributed by atoms with Gasteiger partial charge in [-0.3, -0.25) is 9.78 Å².